The van der Waals surface area contributed by atoms with E-state index in [1.807, 2.05) is 12.1 Å². The molecule has 1 unspecified atom stereocenters. The van der Waals surface area contributed by atoms with Crippen molar-refractivity contribution in [2.24, 2.45) is 0 Å². The average Bonchev–Trinajstić information content (AvgIpc) is 3.00. The normalized spacial score (nSPS) is 22.8. The summed E-state index contributed by atoms with van der Waals surface area (Å²) < 4.78 is 43.3. The number of nitrogens with one attached hydrogen (secondary N) is 1. The maximum atomic E-state index is 14.1. The molecule has 3 atom stereocenters. The zero-order valence-electron chi connectivity index (χ0n) is 18.8. The first kappa shape index (κ1) is 23.8. The molecular formula is C24H28ClFN2O4S. The summed E-state index contributed by atoms with van der Waals surface area (Å²) in [6.45, 7) is 3.23. The van der Waals surface area contributed by atoms with Gasteiger partial charge in [0.2, 0.25) is 0 Å². The fourth-order valence-corrected chi connectivity index (χ4v) is 5.61. The highest BCUT2D eigenvalue weighted by atomic mass is 35.5. The van der Waals surface area contributed by atoms with Gasteiger partial charge in [-0.3, -0.25) is 4.79 Å². The number of rotatable bonds is 6. The van der Waals surface area contributed by atoms with E-state index in [4.69, 9.17) is 16.3 Å². The third-order valence-corrected chi connectivity index (χ3v) is 7.80. The molecule has 178 valence electrons. The van der Waals surface area contributed by atoms with Gasteiger partial charge >= 0.3 is 0 Å². The van der Waals surface area contributed by atoms with Crippen LogP contribution in [0.1, 0.15) is 39.5 Å². The van der Waals surface area contributed by atoms with E-state index in [1.54, 1.807) is 26.0 Å². The topological polar surface area (TPSA) is 75.7 Å². The Morgan fingerprint density at radius 2 is 1.73 bits per heavy atom. The Kier molecular flexibility index (Phi) is 6.35. The number of sulfone groups is 1. The minimum atomic E-state index is -3.23. The molecule has 1 N–H and O–H groups in total. The Bertz CT molecular complexity index is 1140. The van der Waals surface area contributed by atoms with Crippen LogP contribution in [0.5, 0.6) is 5.75 Å². The van der Waals surface area contributed by atoms with Gasteiger partial charge in [-0.25, -0.2) is 12.8 Å². The van der Waals surface area contributed by atoms with Crippen molar-refractivity contribution in [1.82, 2.24) is 5.32 Å². The Balaban J connectivity index is 1.41. The van der Waals surface area contributed by atoms with Crippen LogP contribution in [0.15, 0.2) is 47.4 Å². The molecule has 6 nitrogen and oxygen atoms in total. The summed E-state index contributed by atoms with van der Waals surface area (Å²) in [6, 6.07) is 11.6. The Morgan fingerprint density at radius 3 is 2.27 bits per heavy atom. The van der Waals surface area contributed by atoms with E-state index >= 15 is 0 Å². The van der Waals surface area contributed by atoms with Crippen LogP contribution in [0.25, 0.3) is 0 Å². The van der Waals surface area contributed by atoms with Gasteiger partial charge in [0.15, 0.2) is 27.0 Å². The lowest BCUT2D eigenvalue weighted by Gasteiger charge is -2.41. The summed E-state index contributed by atoms with van der Waals surface area (Å²) in [7, 11) is -3.23. The number of hydrogen-bond donors (Lipinski definition) is 1. The molecule has 2 aromatic carbocycles. The number of nitrogens with zero attached hydrogens (tertiary/aromatic N) is 1. The number of carbonyl (C=O) groups excluding carboxylic acids is 1. The Morgan fingerprint density at radius 1 is 1.12 bits per heavy atom. The van der Waals surface area contributed by atoms with Crippen LogP contribution >= 0.6 is 11.6 Å². The highest BCUT2D eigenvalue weighted by Gasteiger charge is 2.42. The quantitative estimate of drug-likeness (QED) is 0.646. The third kappa shape index (κ3) is 5.11. The molecule has 2 aromatic rings. The van der Waals surface area contributed by atoms with Crippen molar-refractivity contribution < 1.29 is 22.3 Å². The molecule has 2 aliphatic rings. The molecule has 0 radical (unpaired) electrons. The van der Waals surface area contributed by atoms with Crippen LogP contribution in [-0.2, 0) is 14.6 Å². The summed E-state index contributed by atoms with van der Waals surface area (Å²) in [5, 5.41) is 3.35. The van der Waals surface area contributed by atoms with Crippen LogP contribution < -0.4 is 15.0 Å². The number of amides is 1. The second-order valence-electron chi connectivity index (χ2n) is 9.39. The molecule has 0 aromatic heterocycles. The molecule has 2 heterocycles. The SMILES string of the molecule is CC(C)(Oc1ccc(Cl)cc1F)C(=O)NC1C[C@H]2CC[C@@H](C1)N2c1ccc(S(C)(=O)=O)cc1. The van der Waals surface area contributed by atoms with Gasteiger partial charge in [0, 0.05) is 35.1 Å². The number of carbonyl (C=O) groups is 1. The molecular weight excluding hydrogens is 467 g/mol. The van der Waals surface area contributed by atoms with Gasteiger partial charge < -0.3 is 15.0 Å². The van der Waals surface area contributed by atoms with Crippen molar-refractivity contribution in [2.45, 2.75) is 68.2 Å². The molecule has 2 bridgehead atoms. The minimum Gasteiger partial charge on any atom is -0.475 e. The lowest BCUT2D eigenvalue weighted by atomic mass is 9.95. The van der Waals surface area contributed by atoms with Crippen molar-refractivity contribution in [2.75, 3.05) is 11.2 Å². The first-order valence-corrected chi connectivity index (χ1v) is 13.2. The summed E-state index contributed by atoms with van der Waals surface area (Å²) in [5.74, 6) is -0.934. The Labute approximate surface area is 199 Å². The first-order chi connectivity index (χ1) is 15.4. The van der Waals surface area contributed by atoms with Gasteiger partial charge in [0.05, 0.1) is 4.90 Å². The number of benzene rings is 2. The lowest BCUT2D eigenvalue weighted by molar-refractivity contribution is -0.135. The fraction of sp³-hybridized carbons (Fsp3) is 0.458. The highest BCUT2D eigenvalue weighted by molar-refractivity contribution is 7.90. The third-order valence-electron chi connectivity index (χ3n) is 6.44. The predicted molar refractivity (Wildman–Crippen MR) is 126 cm³/mol. The number of piperidine rings is 1. The zero-order valence-corrected chi connectivity index (χ0v) is 20.4. The van der Waals surface area contributed by atoms with Gasteiger partial charge in [0.1, 0.15) is 0 Å². The minimum absolute atomic E-state index is 0.0144. The maximum absolute atomic E-state index is 14.1. The molecule has 1 amide bonds. The summed E-state index contributed by atoms with van der Waals surface area (Å²) in [6.07, 6.45) is 4.79. The second-order valence-corrected chi connectivity index (χ2v) is 11.8. The summed E-state index contributed by atoms with van der Waals surface area (Å²) >= 11 is 5.79. The van der Waals surface area contributed by atoms with Crippen molar-refractivity contribution in [3.05, 3.63) is 53.3 Å². The molecule has 9 heteroatoms. The molecule has 0 spiro atoms. The van der Waals surface area contributed by atoms with E-state index < -0.39 is 21.3 Å². The van der Waals surface area contributed by atoms with Crippen LogP contribution in [0, 0.1) is 5.82 Å². The molecule has 0 saturated carbocycles. The zero-order chi connectivity index (χ0) is 24.0. The molecule has 33 heavy (non-hydrogen) atoms. The largest absolute Gasteiger partial charge is 0.475 e. The number of ether oxygens (including phenoxy) is 1. The molecule has 4 rings (SSSR count). The van der Waals surface area contributed by atoms with Gasteiger partial charge in [-0.1, -0.05) is 11.6 Å². The van der Waals surface area contributed by atoms with Crippen LogP contribution in [0.2, 0.25) is 5.02 Å². The maximum Gasteiger partial charge on any atom is 0.263 e. The van der Waals surface area contributed by atoms with Crippen LogP contribution in [-0.4, -0.2) is 44.3 Å². The molecule has 2 aliphatic heterocycles. The van der Waals surface area contributed by atoms with Crippen molar-refractivity contribution in [3.8, 4) is 5.75 Å². The van der Waals surface area contributed by atoms with Gasteiger partial charge in [-0.15, -0.1) is 0 Å². The summed E-state index contributed by atoms with van der Waals surface area (Å²) in [4.78, 5) is 15.6. The molecule has 2 fully saturated rings. The number of anilines is 1. The second kappa shape index (κ2) is 8.80. The lowest BCUT2D eigenvalue weighted by Crippen LogP contribution is -2.55. The first-order valence-electron chi connectivity index (χ1n) is 11.0. The van der Waals surface area contributed by atoms with Crippen molar-refractivity contribution in [3.63, 3.8) is 0 Å². The van der Waals surface area contributed by atoms with Crippen LogP contribution in [0.3, 0.4) is 0 Å². The summed E-state index contributed by atoms with van der Waals surface area (Å²) in [5.41, 5.74) is -0.256. The van der Waals surface area contributed by atoms with Crippen LogP contribution in [0.4, 0.5) is 10.1 Å². The van der Waals surface area contributed by atoms with Gasteiger partial charge in [-0.2, -0.15) is 0 Å². The molecule has 2 saturated heterocycles. The van der Waals surface area contributed by atoms with E-state index in [9.17, 15) is 17.6 Å². The fourth-order valence-electron chi connectivity index (χ4n) is 4.82. The monoisotopic (exact) mass is 494 g/mol. The Hall–Kier alpha value is -2.32. The highest BCUT2D eigenvalue weighted by Crippen LogP contribution is 2.39. The van der Waals surface area contributed by atoms with E-state index in [-0.39, 0.29) is 34.8 Å². The van der Waals surface area contributed by atoms with E-state index in [1.165, 1.54) is 18.4 Å². The van der Waals surface area contributed by atoms with E-state index in [2.05, 4.69) is 10.2 Å². The smallest absolute Gasteiger partial charge is 0.263 e. The molecule has 0 aliphatic carbocycles. The van der Waals surface area contributed by atoms with E-state index in [0.717, 1.165) is 37.4 Å². The number of hydrogen-bond acceptors (Lipinski definition) is 5. The number of fused-ring (bicyclic) bond motifs is 2. The van der Waals surface area contributed by atoms with E-state index in [0.29, 0.717) is 4.90 Å². The van der Waals surface area contributed by atoms with Gasteiger partial charge in [-0.05, 0) is 82.0 Å². The van der Waals surface area contributed by atoms with Crippen molar-refractivity contribution in [1.29, 1.82) is 0 Å². The predicted octanol–water partition coefficient (Wildman–Crippen LogP) is 4.36. The van der Waals surface area contributed by atoms with Crippen molar-refractivity contribution >= 4 is 33.0 Å². The number of halogens is 2. The van der Waals surface area contributed by atoms with Gasteiger partial charge in [0.25, 0.3) is 5.91 Å². The standard InChI is InChI=1S/C24H28ClFN2O4S/c1-24(2,32-22-11-4-15(25)12-21(22)26)23(29)27-16-13-18-5-6-19(14-16)28(18)17-7-9-20(10-8-17)33(3,30)31/h4,7-12,16,18-19H,5-6,13-14H2,1-3H3,(H,27,29)/t16?,18-,19+. The average molecular weight is 495 g/mol.